The zero-order valence-corrected chi connectivity index (χ0v) is 7.17. The van der Waals surface area contributed by atoms with Crippen LogP contribution in [0.2, 0.25) is 0 Å². The Morgan fingerprint density at radius 3 is 2.69 bits per heavy atom. The van der Waals surface area contributed by atoms with Crippen molar-refractivity contribution in [2.45, 2.75) is 6.43 Å². The van der Waals surface area contributed by atoms with Crippen LogP contribution in [0.1, 0.15) is 17.6 Å². The number of alkyl halides is 2. The van der Waals surface area contributed by atoms with E-state index in [0.29, 0.717) is 5.56 Å². The van der Waals surface area contributed by atoms with E-state index in [9.17, 15) is 8.78 Å². The van der Waals surface area contributed by atoms with E-state index in [1.807, 2.05) is 0 Å². The average Bonchev–Trinajstić information content (AvgIpc) is 2.17. The van der Waals surface area contributed by atoms with Gasteiger partial charge in [0.2, 0.25) is 0 Å². The summed E-state index contributed by atoms with van der Waals surface area (Å²) in [6.45, 7) is 0. The summed E-state index contributed by atoms with van der Waals surface area (Å²) in [5, 5.41) is 0. The summed E-state index contributed by atoms with van der Waals surface area (Å²) >= 11 is 0. The molecule has 0 aliphatic rings. The van der Waals surface area contributed by atoms with Crippen molar-refractivity contribution in [2.75, 3.05) is 7.05 Å². The molecule has 0 fully saturated rings. The second kappa shape index (κ2) is 3.98. The van der Waals surface area contributed by atoms with Crippen LogP contribution >= 0.6 is 0 Å². The summed E-state index contributed by atoms with van der Waals surface area (Å²) in [4.78, 5) is 3.71. The molecule has 0 aliphatic heterocycles. The molecule has 0 saturated heterocycles. The van der Waals surface area contributed by atoms with Crippen molar-refractivity contribution in [2.24, 2.45) is 10.7 Å². The van der Waals surface area contributed by atoms with Gasteiger partial charge in [-0.2, -0.15) is 0 Å². The number of rotatable bonds is 2. The second-order valence-corrected chi connectivity index (χ2v) is 2.54. The molecular formula is C9H10F2N2. The lowest BCUT2D eigenvalue weighted by atomic mass is 10.1. The van der Waals surface area contributed by atoms with Crippen molar-refractivity contribution in [3.8, 4) is 0 Å². The maximum Gasteiger partial charge on any atom is 0.263 e. The maximum atomic E-state index is 12.2. The van der Waals surface area contributed by atoms with Crippen LogP contribution in [0, 0.1) is 0 Å². The number of amidine groups is 1. The van der Waals surface area contributed by atoms with E-state index >= 15 is 0 Å². The standard InChI is InChI=1S/C9H10F2N2/c1-13-9(12)7-4-2-3-6(5-7)8(10)11/h2-5,8H,1H3,(H2,12,13). The van der Waals surface area contributed by atoms with Crippen molar-refractivity contribution in [1.29, 1.82) is 0 Å². The van der Waals surface area contributed by atoms with Gasteiger partial charge < -0.3 is 5.73 Å². The summed E-state index contributed by atoms with van der Waals surface area (Å²) in [6.07, 6.45) is -2.47. The van der Waals surface area contributed by atoms with Gasteiger partial charge in [-0.05, 0) is 6.07 Å². The molecule has 0 atom stereocenters. The Labute approximate surface area is 75.1 Å². The van der Waals surface area contributed by atoms with Crippen LogP contribution in [0.5, 0.6) is 0 Å². The molecule has 70 valence electrons. The van der Waals surface area contributed by atoms with Crippen molar-refractivity contribution < 1.29 is 8.78 Å². The molecule has 1 aromatic rings. The molecule has 0 heterocycles. The Morgan fingerprint density at radius 1 is 1.46 bits per heavy atom. The van der Waals surface area contributed by atoms with Gasteiger partial charge in [0.05, 0.1) is 0 Å². The van der Waals surface area contributed by atoms with Crippen molar-refractivity contribution in [1.82, 2.24) is 0 Å². The molecule has 0 saturated carbocycles. The number of nitrogens with zero attached hydrogens (tertiary/aromatic N) is 1. The highest BCUT2D eigenvalue weighted by molar-refractivity contribution is 5.97. The summed E-state index contributed by atoms with van der Waals surface area (Å²) in [6, 6.07) is 5.88. The number of halogens is 2. The smallest absolute Gasteiger partial charge is 0.263 e. The van der Waals surface area contributed by atoms with E-state index in [0.717, 1.165) is 0 Å². The van der Waals surface area contributed by atoms with Crippen LogP contribution in [0.15, 0.2) is 29.3 Å². The Balaban J connectivity index is 3.05. The van der Waals surface area contributed by atoms with E-state index in [1.165, 1.54) is 25.2 Å². The van der Waals surface area contributed by atoms with Crippen LogP contribution in [-0.4, -0.2) is 12.9 Å². The van der Waals surface area contributed by atoms with Gasteiger partial charge in [-0.3, -0.25) is 4.99 Å². The maximum absolute atomic E-state index is 12.2. The Morgan fingerprint density at radius 2 is 2.15 bits per heavy atom. The van der Waals surface area contributed by atoms with Crippen LogP contribution in [0.4, 0.5) is 8.78 Å². The molecule has 0 radical (unpaired) electrons. The topological polar surface area (TPSA) is 38.4 Å². The zero-order valence-electron chi connectivity index (χ0n) is 7.17. The van der Waals surface area contributed by atoms with E-state index in [1.54, 1.807) is 6.07 Å². The predicted molar refractivity (Wildman–Crippen MR) is 48.0 cm³/mol. The van der Waals surface area contributed by atoms with Crippen LogP contribution in [0.25, 0.3) is 0 Å². The highest BCUT2D eigenvalue weighted by atomic mass is 19.3. The van der Waals surface area contributed by atoms with Gasteiger partial charge >= 0.3 is 0 Å². The van der Waals surface area contributed by atoms with Crippen molar-refractivity contribution in [3.63, 3.8) is 0 Å². The first-order valence-corrected chi connectivity index (χ1v) is 3.76. The lowest BCUT2D eigenvalue weighted by molar-refractivity contribution is 0.151. The molecule has 0 bridgehead atoms. The fourth-order valence-corrected chi connectivity index (χ4v) is 0.963. The zero-order chi connectivity index (χ0) is 9.84. The first kappa shape index (κ1) is 9.64. The average molecular weight is 184 g/mol. The molecule has 0 aliphatic carbocycles. The van der Waals surface area contributed by atoms with Gasteiger partial charge in [0.15, 0.2) is 0 Å². The minimum atomic E-state index is -2.47. The lowest BCUT2D eigenvalue weighted by Gasteiger charge is -2.02. The Kier molecular flexibility index (Phi) is 2.95. The first-order chi connectivity index (χ1) is 6.15. The van der Waals surface area contributed by atoms with Crippen LogP contribution in [0.3, 0.4) is 0 Å². The molecule has 0 amide bonds. The van der Waals surface area contributed by atoms with Gasteiger partial charge in [-0.1, -0.05) is 18.2 Å². The SMILES string of the molecule is CN=C(N)c1cccc(C(F)F)c1. The Bertz CT molecular complexity index is 321. The number of aliphatic imine (C=N–C) groups is 1. The van der Waals surface area contributed by atoms with E-state index < -0.39 is 6.43 Å². The molecule has 2 nitrogen and oxygen atoms in total. The van der Waals surface area contributed by atoms with Gasteiger partial charge in [0.25, 0.3) is 6.43 Å². The van der Waals surface area contributed by atoms with E-state index in [2.05, 4.69) is 4.99 Å². The third-order valence-corrected chi connectivity index (χ3v) is 1.68. The number of benzene rings is 1. The summed E-state index contributed by atoms with van der Waals surface area (Å²) < 4.78 is 24.5. The molecule has 0 unspecified atom stereocenters. The number of hydrogen-bond acceptors (Lipinski definition) is 1. The minimum absolute atomic E-state index is 0.0379. The second-order valence-electron chi connectivity index (χ2n) is 2.54. The number of hydrogen-bond donors (Lipinski definition) is 1. The molecular weight excluding hydrogens is 174 g/mol. The highest BCUT2D eigenvalue weighted by Gasteiger charge is 2.07. The largest absolute Gasteiger partial charge is 0.384 e. The molecule has 13 heavy (non-hydrogen) atoms. The first-order valence-electron chi connectivity index (χ1n) is 3.76. The Hall–Kier alpha value is -1.45. The fourth-order valence-electron chi connectivity index (χ4n) is 0.963. The minimum Gasteiger partial charge on any atom is -0.384 e. The molecule has 4 heteroatoms. The van der Waals surface area contributed by atoms with Crippen LogP contribution < -0.4 is 5.73 Å². The van der Waals surface area contributed by atoms with Gasteiger partial charge in [0, 0.05) is 18.2 Å². The predicted octanol–water partition coefficient (Wildman–Crippen LogP) is 1.96. The number of nitrogens with two attached hydrogens (primary N) is 1. The molecule has 1 aromatic carbocycles. The van der Waals surface area contributed by atoms with Crippen molar-refractivity contribution >= 4 is 5.84 Å². The molecule has 1 rings (SSSR count). The monoisotopic (exact) mass is 184 g/mol. The summed E-state index contributed by atoms with van der Waals surface area (Å²) in [5.74, 6) is 0.266. The van der Waals surface area contributed by atoms with E-state index in [4.69, 9.17) is 5.73 Å². The highest BCUT2D eigenvalue weighted by Crippen LogP contribution is 2.19. The third kappa shape index (κ3) is 2.24. The van der Waals surface area contributed by atoms with Gasteiger partial charge in [0.1, 0.15) is 5.84 Å². The molecule has 0 aromatic heterocycles. The lowest BCUT2D eigenvalue weighted by Crippen LogP contribution is -2.12. The fraction of sp³-hybridized carbons (Fsp3) is 0.222. The summed E-state index contributed by atoms with van der Waals surface area (Å²) in [5.41, 5.74) is 5.96. The van der Waals surface area contributed by atoms with Gasteiger partial charge in [-0.15, -0.1) is 0 Å². The molecule has 0 spiro atoms. The summed E-state index contributed by atoms with van der Waals surface area (Å²) in [7, 11) is 1.52. The quantitative estimate of drug-likeness (QED) is 0.553. The van der Waals surface area contributed by atoms with Crippen molar-refractivity contribution in [3.05, 3.63) is 35.4 Å². The molecule has 2 N–H and O–H groups in total. The van der Waals surface area contributed by atoms with Gasteiger partial charge in [-0.25, -0.2) is 8.78 Å². The van der Waals surface area contributed by atoms with E-state index in [-0.39, 0.29) is 11.4 Å². The third-order valence-electron chi connectivity index (χ3n) is 1.68. The van der Waals surface area contributed by atoms with Crippen LogP contribution in [-0.2, 0) is 0 Å². The normalized spacial score (nSPS) is 12.2.